The fourth-order valence-electron chi connectivity index (χ4n) is 3.71. The molecule has 4 aromatic heterocycles. The predicted octanol–water partition coefficient (Wildman–Crippen LogP) is 4.39. The summed E-state index contributed by atoms with van der Waals surface area (Å²) >= 11 is 0. The fourth-order valence-corrected chi connectivity index (χ4v) is 3.71. The molecule has 5 aromatic rings. The molecule has 0 saturated heterocycles. The van der Waals surface area contributed by atoms with Gasteiger partial charge in [0.2, 0.25) is 0 Å². The number of fused-ring (bicyclic) bond motifs is 1. The number of carbonyl (C=O) groups is 1. The Kier molecular flexibility index (Phi) is 4.92. The second-order valence-corrected chi connectivity index (χ2v) is 7.46. The van der Waals surface area contributed by atoms with Gasteiger partial charge in [0.25, 0.3) is 5.91 Å². The van der Waals surface area contributed by atoms with Crippen LogP contribution in [0.4, 0.5) is 18.9 Å². The maximum Gasteiger partial charge on any atom is 0.416 e. The van der Waals surface area contributed by atoms with Gasteiger partial charge in [0.1, 0.15) is 18.3 Å². The van der Waals surface area contributed by atoms with Crippen molar-refractivity contribution in [2.24, 2.45) is 7.05 Å². The summed E-state index contributed by atoms with van der Waals surface area (Å²) in [4.78, 5) is 21.8. The summed E-state index contributed by atoms with van der Waals surface area (Å²) in [5.41, 5.74) is 0.754. The Morgan fingerprint density at radius 1 is 1.18 bits per heavy atom. The number of furan rings is 1. The smallest absolute Gasteiger partial charge is 0.416 e. The van der Waals surface area contributed by atoms with E-state index in [-0.39, 0.29) is 16.9 Å². The highest BCUT2D eigenvalue weighted by atomic mass is 19.4. The Labute approximate surface area is 189 Å². The molecule has 34 heavy (non-hydrogen) atoms. The molecule has 0 bridgehead atoms. The first-order valence-electron chi connectivity index (χ1n) is 9.98. The lowest BCUT2D eigenvalue weighted by atomic mass is 10.1. The number of nitrogens with one attached hydrogen (secondary N) is 1. The molecule has 5 rings (SSSR count). The summed E-state index contributed by atoms with van der Waals surface area (Å²) in [6.07, 6.45) is -0.563. The molecular weight excluding hydrogens is 451 g/mol. The first-order valence-corrected chi connectivity index (χ1v) is 9.98. The van der Waals surface area contributed by atoms with Crippen LogP contribution < -0.4 is 5.32 Å². The number of hydrogen-bond donors (Lipinski definition) is 1. The summed E-state index contributed by atoms with van der Waals surface area (Å²) in [6, 6.07) is 7.89. The number of anilines is 1. The van der Waals surface area contributed by atoms with Crippen molar-refractivity contribution in [1.29, 1.82) is 0 Å². The molecule has 1 amide bonds. The van der Waals surface area contributed by atoms with Crippen molar-refractivity contribution in [3.05, 3.63) is 72.1 Å². The fraction of sp³-hybridized carbons (Fsp3) is 0.136. The van der Waals surface area contributed by atoms with Gasteiger partial charge in [0.15, 0.2) is 11.4 Å². The van der Waals surface area contributed by atoms with E-state index in [1.54, 1.807) is 26.1 Å². The van der Waals surface area contributed by atoms with E-state index in [9.17, 15) is 18.0 Å². The van der Waals surface area contributed by atoms with Gasteiger partial charge in [-0.2, -0.15) is 23.4 Å². The number of aryl methyl sites for hydroxylation is 2. The van der Waals surface area contributed by atoms with Crippen molar-refractivity contribution < 1.29 is 22.4 Å². The molecule has 0 saturated carbocycles. The highest BCUT2D eigenvalue weighted by Gasteiger charge is 2.32. The number of nitrogens with zero attached hydrogens (tertiary/aromatic N) is 6. The molecule has 0 aliphatic rings. The van der Waals surface area contributed by atoms with E-state index in [2.05, 4.69) is 25.5 Å². The molecule has 1 N–H and O–H groups in total. The number of amides is 1. The molecule has 12 heteroatoms. The third-order valence-electron chi connectivity index (χ3n) is 5.22. The van der Waals surface area contributed by atoms with Crippen LogP contribution in [0.25, 0.3) is 28.2 Å². The number of halogens is 3. The molecule has 172 valence electrons. The first kappa shape index (κ1) is 21.4. The van der Waals surface area contributed by atoms with E-state index in [4.69, 9.17) is 4.42 Å². The van der Waals surface area contributed by atoms with Gasteiger partial charge in [-0.25, -0.2) is 14.6 Å². The molecule has 0 spiro atoms. The molecule has 9 nitrogen and oxygen atoms in total. The van der Waals surface area contributed by atoms with E-state index in [1.165, 1.54) is 40.4 Å². The monoisotopic (exact) mass is 467 g/mol. The average molecular weight is 467 g/mol. The van der Waals surface area contributed by atoms with Crippen molar-refractivity contribution >= 4 is 22.6 Å². The third-order valence-corrected chi connectivity index (χ3v) is 5.22. The second kappa shape index (κ2) is 7.83. The van der Waals surface area contributed by atoms with Crippen LogP contribution in [0.3, 0.4) is 0 Å². The van der Waals surface area contributed by atoms with E-state index >= 15 is 0 Å². The van der Waals surface area contributed by atoms with Gasteiger partial charge in [-0.15, -0.1) is 0 Å². The minimum absolute atomic E-state index is 0.0867. The molecule has 0 fully saturated rings. The van der Waals surface area contributed by atoms with Crippen molar-refractivity contribution in [2.75, 3.05) is 5.32 Å². The van der Waals surface area contributed by atoms with Gasteiger partial charge >= 0.3 is 6.18 Å². The SMILES string of the molecule is Cc1nn(C)c2nc(-c3ccco3)cc(C(=O)Nc3cc(C(F)(F)F)ccc3-n3cncn3)c12. The molecule has 1 aromatic carbocycles. The molecule has 0 radical (unpaired) electrons. The Morgan fingerprint density at radius 2 is 2.00 bits per heavy atom. The lowest BCUT2D eigenvalue weighted by molar-refractivity contribution is -0.137. The van der Waals surface area contributed by atoms with Gasteiger partial charge in [0.05, 0.1) is 39.8 Å². The van der Waals surface area contributed by atoms with Gasteiger partial charge in [0, 0.05) is 7.05 Å². The van der Waals surface area contributed by atoms with Crippen LogP contribution in [0.15, 0.2) is 59.7 Å². The average Bonchev–Trinajstić information content (AvgIpc) is 3.55. The number of rotatable bonds is 4. The van der Waals surface area contributed by atoms with Gasteiger partial charge < -0.3 is 9.73 Å². The maximum atomic E-state index is 13.5. The van der Waals surface area contributed by atoms with Crippen molar-refractivity contribution in [3.8, 4) is 17.1 Å². The molecule has 0 aliphatic carbocycles. The largest absolute Gasteiger partial charge is 0.463 e. The molecular formula is C22H16F3N7O2. The van der Waals surface area contributed by atoms with Crippen LogP contribution in [0.2, 0.25) is 0 Å². The first-order chi connectivity index (χ1) is 16.2. The lowest BCUT2D eigenvalue weighted by Gasteiger charge is -2.15. The van der Waals surface area contributed by atoms with Gasteiger partial charge in [-0.05, 0) is 43.3 Å². The molecule has 0 aliphatic heterocycles. The van der Waals surface area contributed by atoms with E-state index < -0.39 is 17.6 Å². The van der Waals surface area contributed by atoms with Crippen molar-refractivity contribution in [2.45, 2.75) is 13.1 Å². The summed E-state index contributed by atoms with van der Waals surface area (Å²) in [5.74, 6) is -0.214. The van der Waals surface area contributed by atoms with Crippen molar-refractivity contribution in [1.82, 2.24) is 29.5 Å². The quantitative estimate of drug-likeness (QED) is 0.421. The number of pyridine rings is 1. The van der Waals surface area contributed by atoms with Crippen LogP contribution in [0.1, 0.15) is 21.6 Å². The number of benzene rings is 1. The number of alkyl halides is 3. The Morgan fingerprint density at radius 3 is 2.68 bits per heavy atom. The minimum atomic E-state index is -4.60. The Bertz CT molecular complexity index is 1500. The predicted molar refractivity (Wildman–Crippen MR) is 115 cm³/mol. The van der Waals surface area contributed by atoms with Crippen LogP contribution in [0.5, 0.6) is 0 Å². The van der Waals surface area contributed by atoms with Crippen molar-refractivity contribution in [3.63, 3.8) is 0 Å². The normalized spacial score (nSPS) is 11.8. The van der Waals surface area contributed by atoms with Crippen LogP contribution in [-0.2, 0) is 13.2 Å². The summed E-state index contributed by atoms with van der Waals surface area (Å²) in [5, 5.41) is 11.4. The van der Waals surface area contributed by atoms with Crippen LogP contribution >= 0.6 is 0 Å². The maximum absolute atomic E-state index is 13.5. The van der Waals surface area contributed by atoms with E-state index in [0.717, 1.165) is 12.1 Å². The Balaban J connectivity index is 1.65. The second-order valence-electron chi connectivity index (χ2n) is 7.46. The number of aromatic nitrogens is 6. The van der Waals surface area contributed by atoms with Crippen LogP contribution in [0, 0.1) is 6.92 Å². The third kappa shape index (κ3) is 3.68. The zero-order chi connectivity index (χ0) is 24.0. The topological polar surface area (TPSA) is 104 Å². The van der Waals surface area contributed by atoms with Gasteiger partial charge in [-0.1, -0.05) is 0 Å². The minimum Gasteiger partial charge on any atom is -0.463 e. The van der Waals surface area contributed by atoms with E-state index in [1.807, 2.05) is 0 Å². The standard InChI is InChI=1S/C22H16F3N7O2/c1-12-19-14(9-16(18-4-3-7-34-18)28-20(19)31(2)30-12)21(33)29-15-8-13(22(23,24)25)5-6-17(15)32-11-26-10-27-32/h3-11H,1-2H3,(H,29,33). The number of hydrogen-bond acceptors (Lipinski definition) is 6. The van der Waals surface area contributed by atoms with Gasteiger partial charge in [-0.3, -0.25) is 9.48 Å². The van der Waals surface area contributed by atoms with E-state index in [0.29, 0.717) is 28.2 Å². The summed E-state index contributed by atoms with van der Waals surface area (Å²) in [7, 11) is 1.69. The zero-order valence-corrected chi connectivity index (χ0v) is 17.8. The zero-order valence-electron chi connectivity index (χ0n) is 17.8. The van der Waals surface area contributed by atoms with Crippen LogP contribution in [-0.4, -0.2) is 35.4 Å². The highest BCUT2D eigenvalue weighted by molar-refractivity contribution is 6.13. The summed E-state index contributed by atoms with van der Waals surface area (Å²) in [6.45, 7) is 1.72. The highest BCUT2D eigenvalue weighted by Crippen LogP contribution is 2.34. The number of carbonyl (C=O) groups excluding carboxylic acids is 1. The molecule has 0 atom stereocenters. The summed E-state index contributed by atoms with van der Waals surface area (Å²) < 4.78 is 48.4. The molecule has 4 heterocycles. The molecule has 0 unspecified atom stereocenters. The lowest BCUT2D eigenvalue weighted by Crippen LogP contribution is -2.16. The Hall–Kier alpha value is -4.48.